The highest BCUT2D eigenvalue weighted by Gasteiger charge is 2.12. The Labute approximate surface area is 160 Å². The number of halogens is 1. The number of hydrazine groups is 1. The number of amides is 1. The molecule has 0 unspecified atom stereocenters. The maximum Gasteiger partial charge on any atom is 0.271 e. The lowest BCUT2D eigenvalue weighted by atomic mass is 10.2. The molecule has 0 aliphatic carbocycles. The fraction of sp³-hybridized carbons (Fsp3) is 0.125. The summed E-state index contributed by atoms with van der Waals surface area (Å²) in [6, 6.07) is 10.9. The van der Waals surface area contributed by atoms with Crippen LogP contribution in [0.3, 0.4) is 0 Å². The number of nitro groups is 1. The van der Waals surface area contributed by atoms with Gasteiger partial charge in [-0.1, -0.05) is 17.7 Å². The van der Waals surface area contributed by atoms with Crippen molar-refractivity contribution >= 4 is 51.9 Å². The number of non-ortho nitro benzene ring substituents is 1. The van der Waals surface area contributed by atoms with Gasteiger partial charge in [-0.05, 0) is 36.5 Å². The minimum Gasteiger partial charge on any atom is -0.378 e. The van der Waals surface area contributed by atoms with E-state index in [2.05, 4.69) is 16.2 Å². The molecule has 1 amide bonds. The van der Waals surface area contributed by atoms with E-state index in [1.165, 1.54) is 18.2 Å². The number of hydrogen-bond acceptors (Lipinski definition) is 5. The van der Waals surface area contributed by atoms with E-state index in [1.807, 2.05) is 25.1 Å². The van der Waals surface area contributed by atoms with E-state index in [0.29, 0.717) is 5.56 Å². The van der Waals surface area contributed by atoms with Crippen LogP contribution in [0.25, 0.3) is 0 Å². The van der Waals surface area contributed by atoms with Crippen molar-refractivity contribution in [2.45, 2.75) is 0 Å². The largest absolute Gasteiger partial charge is 0.378 e. The zero-order chi connectivity index (χ0) is 19.3. The highest BCUT2D eigenvalue weighted by molar-refractivity contribution is 7.80. The molecule has 0 saturated heterocycles. The van der Waals surface area contributed by atoms with Gasteiger partial charge in [-0.15, -0.1) is 0 Å². The van der Waals surface area contributed by atoms with Gasteiger partial charge >= 0.3 is 0 Å². The van der Waals surface area contributed by atoms with E-state index in [4.69, 9.17) is 23.8 Å². The number of thiocarbonyl (C=S) groups is 1. The standard InChI is InChI=1S/C16H16ClN5O3S/c1-21(2)11-5-3-4-10(8-11)15(23)19-20-16(26)18-14-9-12(22(24)25)6-7-13(14)17/h3-9H,1-2H3,(H,19,23)(H2,18,20,26). The van der Waals surface area contributed by atoms with Crippen LogP contribution in [0, 0.1) is 10.1 Å². The summed E-state index contributed by atoms with van der Waals surface area (Å²) in [5.74, 6) is -0.386. The maximum atomic E-state index is 12.2. The molecule has 0 aliphatic heterocycles. The lowest BCUT2D eigenvalue weighted by Crippen LogP contribution is -2.43. The van der Waals surface area contributed by atoms with E-state index in [9.17, 15) is 14.9 Å². The highest BCUT2D eigenvalue weighted by Crippen LogP contribution is 2.26. The Morgan fingerprint density at radius 3 is 2.58 bits per heavy atom. The fourth-order valence-electron chi connectivity index (χ4n) is 1.99. The molecule has 8 nitrogen and oxygen atoms in total. The Hall–Kier alpha value is -2.91. The molecular formula is C16H16ClN5O3S. The fourth-order valence-corrected chi connectivity index (χ4v) is 2.31. The molecule has 0 aliphatic rings. The minimum absolute atomic E-state index is 0.0320. The first kappa shape index (κ1) is 19.4. The van der Waals surface area contributed by atoms with Crippen molar-refractivity contribution in [3.05, 3.63) is 63.2 Å². The monoisotopic (exact) mass is 393 g/mol. The summed E-state index contributed by atoms with van der Waals surface area (Å²) in [5.41, 5.74) is 6.42. The SMILES string of the molecule is CN(C)c1cccc(C(=O)NNC(=S)Nc2cc([N+](=O)[O-])ccc2Cl)c1. The predicted molar refractivity (Wildman–Crippen MR) is 106 cm³/mol. The number of carbonyl (C=O) groups is 1. The summed E-state index contributed by atoms with van der Waals surface area (Å²) in [5, 5.41) is 13.8. The number of anilines is 2. The number of carbonyl (C=O) groups excluding carboxylic acids is 1. The molecule has 2 aromatic carbocycles. The van der Waals surface area contributed by atoms with Crippen LogP contribution in [-0.2, 0) is 0 Å². The van der Waals surface area contributed by atoms with Gasteiger partial charge in [0.1, 0.15) is 0 Å². The molecular weight excluding hydrogens is 378 g/mol. The van der Waals surface area contributed by atoms with Crippen LogP contribution >= 0.6 is 23.8 Å². The van der Waals surface area contributed by atoms with Crippen LogP contribution in [0.1, 0.15) is 10.4 Å². The minimum atomic E-state index is -0.544. The number of rotatable bonds is 4. The van der Waals surface area contributed by atoms with E-state index in [0.717, 1.165) is 5.69 Å². The van der Waals surface area contributed by atoms with Crippen LogP contribution in [0.2, 0.25) is 5.02 Å². The molecule has 0 fully saturated rings. The van der Waals surface area contributed by atoms with Crippen molar-refractivity contribution in [3.8, 4) is 0 Å². The van der Waals surface area contributed by atoms with Crippen LogP contribution in [-0.4, -0.2) is 30.0 Å². The molecule has 10 heteroatoms. The van der Waals surface area contributed by atoms with Crippen molar-refractivity contribution < 1.29 is 9.72 Å². The van der Waals surface area contributed by atoms with E-state index in [-0.39, 0.29) is 27.4 Å². The summed E-state index contributed by atoms with van der Waals surface area (Å²) >= 11 is 11.1. The van der Waals surface area contributed by atoms with Crippen LogP contribution in [0.5, 0.6) is 0 Å². The Morgan fingerprint density at radius 1 is 1.19 bits per heavy atom. The van der Waals surface area contributed by atoms with Crippen LogP contribution in [0.15, 0.2) is 42.5 Å². The molecule has 0 radical (unpaired) electrons. The summed E-state index contributed by atoms with van der Waals surface area (Å²) < 4.78 is 0. The zero-order valence-corrected chi connectivity index (χ0v) is 15.5. The second-order valence-corrected chi connectivity index (χ2v) is 6.21. The Kier molecular flexibility index (Phi) is 6.31. The molecule has 26 heavy (non-hydrogen) atoms. The molecule has 3 N–H and O–H groups in total. The number of nitro benzene ring substituents is 1. The van der Waals surface area contributed by atoms with E-state index < -0.39 is 4.92 Å². The van der Waals surface area contributed by atoms with Crippen molar-refractivity contribution in [1.82, 2.24) is 10.9 Å². The lowest BCUT2D eigenvalue weighted by Gasteiger charge is -2.15. The van der Waals surface area contributed by atoms with Crippen molar-refractivity contribution in [2.75, 3.05) is 24.3 Å². The van der Waals surface area contributed by atoms with Gasteiger partial charge in [-0.2, -0.15) is 0 Å². The average Bonchev–Trinajstić information content (AvgIpc) is 2.61. The zero-order valence-electron chi connectivity index (χ0n) is 13.9. The van der Waals surface area contributed by atoms with Crippen molar-refractivity contribution in [3.63, 3.8) is 0 Å². The second kappa shape index (κ2) is 8.45. The number of nitrogens with zero attached hydrogens (tertiary/aromatic N) is 2. The maximum absolute atomic E-state index is 12.2. The molecule has 0 bridgehead atoms. The molecule has 0 atom stereocenters. The van der Waals surface area contributed by atoms with Crippen LogP contribution in [0.4, 0.5) is 17.1 Å². The number of nitrogens with one attached hydrogen (secondary N) is 3. The third kappa shape index (κ3) is 5.04. The first-order chi connectivity index (χ1) is 12.3. The normalized spacial score (nSPS) is 9.96. The molecule has 136 valence electrons. The molecule has 2 aromatic rings. The first-order valence-electron chi connectivity index (χ1n) is 7.36. The Balaban J connectivity index is 1.99. The summed E-state index contributed by atoms with van der Waals surface area (Å²) in [7, 11) is 3.74. The molecule has 2 rings (SSSR count). The third-order valence-electron chi connectivity index (χ3n) is 3.32. The average molecular weight is 394 g/mol. The van der Waals surface area contributed by atoms with Gasteiger partial charge < -0.3 is 10.2 Å². The second-order valence-electron chi connectivity index (χ2n) is 5.40. The van der Waals surface area contributed by atoms with E-state index in [1.54, 1.807) is 18.2 Å². The van der Waals surface area contributed by atoms with Gasteiger partial charge in [0, 0.05) is 37.5 Å². The van der Waals surface area contributed by atoms with Gasteiger partial charge in [0.25, 0.3) is 11.6 Å². The highest BCUT2D eigenvalue weighted by atomic mass is 35.5. The summed E-state index contributed by atoms with van der Waals surface area (Å²) in [6.45, 7) is 0. The molecule has 0 heterocycles. The third-order valence-corrected chi connectivity index (χ3v) is 3.86. The summed E-state index contributed by atoms with van der Waals surface area (Å²) in [4.78, 5) is 24.3. The molecule has 0 aromatic heterocycles. The topological polar surface area (TPSA) is 99.5 Å². The molecule has 0 spiro atoms. The quantitative estimate of drug-likeness (QED) is 0.417. The van der Waals surface area contributed by atoms with Crippen LogP contribution < -0.4 is 21.1 Å². The first-order valence-corrected chi connectivity index (χ1v) is 8.15. The predicted octanol–water partition coefficient (Wildman–Crippen LogP) is 2.95. The smallest absolute Gasteiger partial charge is 0.271 e. The lowest BCUT2D eigenvalue weighted by molar-refractivity contribution is -0.384. The summed E-state index contributed by atoms with van der Waals surface area (Å²) in [6.07, 6.45) is 0. The molecule has 0 saturated carbocycles. The van der Waals surface area contributed by atoms with Gasteiger partial charge in [-0.3, -0.25) is 25.8 Å². The Morgan fingerprint density at radius 2 is 1.92 bits per heavy atom. The Bertz CT molecular complexity index is 860. The van der Waals surface area contributed by atoms with Crippen molar-refractivity contribution in [2.24, 2.45) is 0 Å². The van der Waals surface area contributed by atoms with Gasteiger partial charge in [0.15, 0.2) is 5.11 Å². The number of hydrogen-bond donors (Lipinski definition) is 3. The van der Waals surface area contributed by atoms with E-state index >= 15 is 0 Å². The van der Waals surface area contributed by atoms with Crippen molar-refractivity contribution in [1.29, 1.82) is 0 Å². The van der Waals surface area contributed by atoms with Gasteiger partial charge in [0.2, 0.25) is 0 Å². The van der Waals surface area contributed by atoms with Gasteiger partial charge in [0.05, 0.1) is 15.6 Å². The number of benzene rings is 2. The van der Waals surface area contributed by atoms with Gasteiger partial charge in [-0.25, -0.2) is 0 Å².